The van der Waals surface area contributed by atoms with E-state index >= 15 is 0 Å². The molecule has 4 rings (SSSR count). The highest BCUT2D eigenvalue weighted by atomic mass is 16.2. The monoisotopic (exact) mass is 413 g/mol. The Morgan fingerprint density at radius 1 is 1.23 bits per heavy atom. The Labute approximate surface area is 177 Å². The number of pyridine rings is 1. The molecule has 30 heavy (non-hydrogen) atoms. The van der Waals surface area contributed by atoms with Crippen LogP contribution in [0.25, 0.3) is 0 Å². The lowest BCUT2D eigenvalue weighted by Gasteiger charge is -2.45. The molecule has 0 spiro atoms. The van der Waals surface area contributed by atoms with Crippen LogP contribution < -0.4 is 16.4 Å². The van der Waals surface area contributed by atoms with Crippen molar-refractivity contribution in [3.63, 3.8) is 0 Å². The highest BCUT2D eigenvalue weighted by Gasteiger charge is 2.55. The molecule has 0 bridgehead atoms. The molecule has 3 atom stereocenters. The Kier molecular flexibility index (Phi) is 5.92. The molecule has 3 fully saturated rings. The quantitative estimate of drug-likeness (QED) is 0.617. The van der Waals surface area contributed by atoms with Crippen LogP contribution in [-0.2, 0) is 16.0 Å². The predicted molar refractivity (Wildman–Crippen MR) is 112 cm³/mol. The summed E-state index contributed by atoms with van der Waals surface area (Å²) < 4.78 is 0. The SMILES string of the molecule is C[C@@H](NC(=O)N1C(=O)[C@H](Cc2ccnc(N)c2)[C@H]1C(=O)NC1CC1)C1CCCCC1. The number of anilines is 1. The van der Waals surface area contributed by atoms with Gasteiger partial charge in [-0.05, 0) is 62.6 Å². The third kappa shape index (κ3) is 4.42. The van der Waals surface area contributed by atoms with Crippen molar-refractivity contribution >= 4 is 23.7 Å². The smallest absolute Gasteiger partial charge is 0.325 e. The molecule has 0 unspecified atom stereocenters. The van der Waals surface area contributed by atoms with E-state index in [0.29, 0.717) is 18.2 Å². The van der Waals surface area contributed by atoms with Crippen molar-refractivity contribution in [3.05, 3.63) is 23.9 Å². The number of aromatic nitrogens is 1. The van der Waals surface area contributed by atoms with Crippen molar-refractivity contribution in [2.45, 2.75) is 76.4 Å². The van der Waals surface area contributed by atoms with Gasteiger partial charge in [-0.2, -0.15) is 0 Å². The van der Waals surface area contributed by atoms with E-state index < -0.39 is 18.0 Å². The number of imide groups is 1. The summed E-state index contributed by atoms with van der Waals surface area (Å²) in [6.07, 6.45) is 9.62. The van der Waals surface area contributed by atoms with E-state index in [4.69, 9.17) is 5.73 Å². The first-order valence-corrected chi connectivity index (χ1v) is 11.1. The van der Waals surface area contributed by atoms with E-state index in [0.717, 1.165) is 36.1 Å². The van der Waals surface area contributed by atoms with Gasteiger partial charge in [-0.15, -0.1) is 0 Å². The summed E-state index contributed by atoms with van der Waals surface area (Å²) in [7, 11) is 0. The van der Waals surface area contributed by atoms with Crippen LogP contribution in [0.4, 0.5) is 10.6 Å². The number of carbonyl (C=O) groups excluding carboxylic acids is 3. The van der Waals surface area contributed by atoms with Crippen molar-refractivity contribution in [1.29, 1.82) is 0 Å². The van der Waals surface area contributed by atoms with Crippen molar-refractivity contribution in [2.75, 3.05) is 5.73 Å². The zero-order valence-corrected chi connectivity index (χ0v) is 17.5. The van der Waals surface area contributed by atoms with Gasteiger partial charge in [-0.25, -0.2) is 9.78 Å². The molecule has 2 heterocycles. The lowest BCUT2D eigenvalue weighted by molar-refractivity contribution is -0.157. The molecule has 162 valence electrons. The fourth-order valence-electron chi connectivity index (χ4n) is 4.68. The zero-order valence-electron chi connectivity index (χ0n) is 17.5. The number of amides is 4. The molecule has 2 aliphatic carbocycles. The fourth-order valence-corrected chi connectivity index (χ4v) is 4.68. The number of nitrogens with one attached hydrogen (secondary N) is 2. The lowest BCUT2D eigenvalue weighted by Crippen LogP contribution is -2.71. The molecule has 0 radical (unpaired) electrons. The van der Waals surface area contributed by atoms with E-state index in [-0.39, 0.29) is 23.9 Å². The second kappa shape index (κ2) is 8.62. The maximum absolute atomic E-state index is 12.9. The number of nitrogens with zero attached hydrogens (tertiary/aromatic N) is 2. The number of hydrogen-bond acceptors (Lipinski definition) is 5. The van der Waals surface area contributed by atoms with Gasteiger partial charge in [0.05, 0.1) is 5.92 Å². The normalized spacial score (nSPS) is 25.4. The van der Waals surface area contributed by atoms with Gasteiger partial charge in [0.1, 0.15) is 11.9 Å². The molecule has 8 nitrogen and oxygen atoms in total. The van der Waals surface area contributed by atoms with Crippen molar-refractivity contribution < 1.29 is 14.4 Å². The van der Waals surface area contributed by atoms with Crippen LogP contribution in [0, 0.1) is 11.8 Å². The molecular weight excluding hydrogens is 382 g/mol. The van der Waals surface area contributed by atoms with Gasteiger partial charge in [0.25, 0.3) is 0 Å². The molecule has 1 saturated heterocycles. The van der Waals surface area contributed by atoms with Crippen molar-refractivity contribution in [1.82, 2.24) is 20.5 Å². The Morgan fingerprint density at radius 3 is 2.63 bits per heavy atom. The van der Waals surface area contributed by atoms with E-state index in [2.05, 4.69) is 15.6 Å². The standard InChI is InChI=1S/C22H31N5O3/c1-13(15-5-3-2-4-6-15)25-22(30)27-19(20(28)26-16-7-8-16)17(21(27)29)11-14-9-10-24-18(23)12-14/h9-10,12-13,15-17,19H,2-8,11H2,1H3,(H2,23,24)(H,25,30)(H,26,28)/t13-,17-,19+/m1/s1. The van der Waals surface area contributed by atoms with Gasteiger partial charge >= 0.3 is 6.03 Å². The zero-order chi connectivity index (χ0) is 21.3. The number of hydrogen-bond donors (Lipinski definition) is 3. The minimum Gasteiger partial charge on any atom is -0.384 e. The molecule has 3 aliphatic rings. The van der Waals surface area contributed by atoms with Gasteiger partial charge in [0.2, 0.25) is 11.8 Å². The first-order chi connectivity index (χ1) is 14.4. The Bertz CT molecular complexity index is 819. The summed E-state index contributed by atoms with van der Waals surface area (Å²) in [5.74, 6) is -0.330. The Balaban J connectivity index is 1.45. The van der Waals surface area contributed by atoms with Crippen LogP contribution in [0.2, 0.25) is 0 Å². The highest BCUT2D eigenvalue weighted by molar-refractivity contribution is 6.09. The molecule has 1 aromatic heterocycles. The van der Waals surface area contributed by atoms with Crippen LogP contribution >= 0.6 is 0 Å². The van der Waals surface area contributed by atoms with E-state index in [9.17, 15) is 14.4 Å². The maximum Gasteiger partial charge on any atom is 0.325 e. The predicted octanol–water partition coefficient (Wildman–Crippen LogP) is 1.99. The molecule has 1 aromatic rings. The molecule has 4 N–H and O–H groups in total. The Hall–Kier alpha value is -2.64. The number of nitrogens with two attached hydrogens (primary N) is 1. The molecular formula is C22H31N5O3. The minimum absolute atomic E-state index is 0.0169. The first-order valence-electron chi connectivity index (χ1n) is 11.1. The van der Waals surface area contributed by atoms with Gasteiger partial charge in [0.15, 0.2) is 0 Å². The largest absolute Gasteiger partial charge is 0.384 e. The van der Waals surface area contributed by atoms with Crippen LogP contribution in [-0.4, -0.2) is 45.9 Å². The average molecular weight is 414 g/mol. The number of rotatable bonds is 6. The van der Waals surface area contributed by atoms with Gasteiger partial charge in [-0.3, -0.25) is 14.5 Å². The van der Waals surface area contributed by atoms with Crippen molar-refractivity contribution in [3.8, 4) is 0 Å². The molecule has 0 aromatic carbocycles. The summed E-state index contributed by atoms with van der Waals surface area (Å²) in [6.45, 7) is 1.99. The summed E-state index contributed by atoms with van der Waals surface area (Å²) in [5, 5.41) is 5.94. The van der Waals surface area contributed by atoms with Crippen LogP contribution in [0.5, 0.6) is 0 Å². The summed E-state index contributed by atoms with van der Waals surface area (Å²) in [5.41, 5.74) is 6.58. The Morgan fingerprint density at radius 2 is 1.97 bits per heavy atom. The average Bonchev–Trinajstić information content (AvgIpc) is 3.54. The number of β-lactam (4-membered cyclic amide) rings is 1. The number of likely N-dealkylation sites (tertiary alicyclic amines) is 1. The summed E-state index contributed by atoms with van der Waals surface area (Å²) in [6, 6.07) is 2.39. The fraction of sp³-hybridized carbons (Fsp3) is 0.636. The molecule has 4 amide bonds. The molecule has 1 aliphatic heterocycles. The minimum atomic E-state index is -0.786. The topological polar surface area (TPSA) is 117 Å². The van der Waals surface area contributed by atoms with Crippen molar-refractivity contribution in [2.24, 2.45) is 11.8 Å². The second-order valence-corrected chi connectivity index (χ2v) is 8.97. The number of carbonyl (C=O) groups is 3. The van der Waals surface area contributed by atoms with E-state index in [1.165, 1.54) is 19.3 Å². The number of nitrogen functional groups attached to an aromatic ring is 1. The molecule has 8 heteroatoms. The van der Waals surface area contributed by atoms with Crippen LogP contribution in [0.3, 0.4) is 0 Å². The summed E-state index contributed by atoms with van der Waals surface area (Å²) in [4.78, 5) is 43.8. The second-order valence-electron chi connectivity index (χ2n) is 8.97. The number of urea groups is 1. The van der Waals surface area contributed by atoms with Crippen LogP contribution in [0.1, 0.15) is 57.4 Å². The maximum atomic E-state index is 12.9. The van der Waals surface area contributed by atoms with E-state index in [1.807, 2.05) is 6.92 Å². The third-order valence-corrected chi connectivity index (χ3v) is 6.63. The summed E-state index contributed by atoms with van der Waals surface area (Å²) >= 11 is 0. The van der Waals surface area contributed by atoms with Crippen LogP contribution in [0.15, 0.2) is 18.3 Å². The van der Waals surface area contributed by atoms with E-state index in [1.54, 1.807) is 18.3 Å². The lowest BCUT2D eigenvalue weighted by atomic mass is 9.81. The third-order valence-electron chi connectivity index (χ3n) is 6.63. The van der Waals surface area contributed by atoms with Gasteiger partial charge in [0, 0.05) is 18.3 Å². The van der Waals surface area contributed by atoms with Gasteiger partial charge < -0.3 is 16.4 Å². The molecule has 2 saturated carbocycles. The first kappa shape index (κ1) is 20.6. The van der Waals surface area contributed by atoms with Gasteiger partial charge in [-0.1, -0.05) is 19.3 Å². The highest BCUT2D eigenvalue weighted by Crippen LogP contribution is 2.33.